The fourth-order valence-corrected chi connectivity index (χ4v) is 7.76. The number of anilines is 3. The van der Waals surface area contributed by atoms with E-state index < -0.39 is 0 Å². The van der Waals surface area contributed by atoms with Gasteiger partial charge in [-0.05, 0) is 103 Å². The van der Waals surface area contributed by atoms with Gasteiger partial charge in [0.1, 0.15) is 11.2 Å². The molecule has 0 spiro atoms. The topological polar surface area (TPSA) is 16.4 Å². The zero-order valence-corrected chi connectivity index (χ0v) is 28.4. The molecule has 1 heterocycles. The first-order chi connectivity index (χ1) is 25.8. The Morgan fingerprint density at radius 1 is 0.327 bits per heavy atom. The largest absolute Gasteiger partial charge is 0.456 e. The lowest BCUT2D eigenvalue weighted by Crippen LogP contribution is -2.10. The average molecular weight is 664 g/mol. The third kappa shape index (κ3) is 5.12. The molecule has 10 aromatic rings. The van der Waals surface area contributed by atoms with Gasteiger partial charge in [-0.15, -0.1) is 0 Å². The van der Waals surface area contributed by atoms with E-state index in [1.54, 1.807) is 0 Å². The van der Waals surface area contributed by atoms with Gasteiger partial charge in [-0.1, -0.05) is 152 Å². The van der Waals surface area contributed by atoms with E-state index >= 15 is 0 Å². The van der Waals surface area contributed by atoms with Gasteiger partial charge in [0.2, 0.25) is 0 Å². The van der Waals surface area contributed by atoms with E-state index in [0.29, 0.717) is 0 Å². The van der Waals surface area contributed by atoms with Crippen LogP contribution in [0.2, 0.25) is 0 Å². The highest BCUT2D eigenvalue weighted by molar-refractivity contribution is 6.13. The van der Waals surface area contributed by atoms with Gasteiger partial charge in [0.05, 0.1) is 11.1 Å². The fraction of sp³-hybridized carbons (Fsp3) is 0. The molecular weight excluding hydrogens is 631 g/mol. The second-order valence-electron chi connectivity index (χ2n) is 13.3. The molecule has 1 aromatic heterocycles. The van der Waals surface area contributed by atoms with Crippen LogP contribution in [0.3, 0.4) is 0 Å². The molecule has 0 bridgehead atoms. The monoisotopic (exact) mass is 663 g/mol. The van der Waals surface area contributed by atoms with Crippen molar-refractivity contribution in [3.63, 3.8) is 0 Å². The van der Waals surface area contributed by atoms with Crippen molar-refractivity contribution in [2.45, 2.75) is 0 Å². The van der Waals surface area contributed by atoms with Crippen LogP contribution in [0, 0.1) is 0 Å². The molecule has 0 unspecified atom stereocenters. The van der Waals surface area contributed by atoms with Crippen molar-refractivity contribution in [2.75, 3.05) is 4.90 Å². The number of nitrogens with zero attached hydrogens (tertiary/aromatic N) is 1. The molecule has 0 fully saturated rings. The Bertz CT molecular complexity index is 2880. The third-order valence-electron chi connectivity index (χ3n) is 10.3. The first-order valence-corrected chi connectivity index (χ1v) is 17.8. The SMILES string of the molecule is c1ccc(-c2ccc3cccc(-c4ccc(N(c5ccc(-c6cccc7ccccc67)cc5)c5cccc6oc7ccccc7c56)cc4)c3c2)cc1. The quantitative estimate of drug-likeness (QED) is 0.176. The molecule has 0 aliphatic heterocycles. The molecular formula is C50H33NO. The normalized spacial score (nSPS) is 11.5. The molecule has 244 valence electrons. The van der Waals surface area contributed by atoms with Crippen LogP contribution in [-0.2, 0) is 0 Å². The minimum Gasteiger partial charge on any atom is -0.456 e. The minimum absolute atomic E-state index is 0.873. The predicted molar refractivity (Wildman–Crippen MR) is 220 cm³/mol. The van der Waals surface area contributed by atoms with E-state index in [-0.39, 0.29) is 0 Å². The van der Waals surface area contributed by atoms with Crippen LogP contribution in [0.5, 0.6) is 0 Å². The molecule has 0 N–H and O–H groups in total. The van der Waals surface area contributed by atoms with Gasteiger partial charge in [0.15, 0.2) is 0 Å². The lowest BCUT2D eigenvalue weighted by Gasteiger charge is -2.27. The smallest absolute Gasteiger partial charge is 0.137 e. The second kappa shape index (κ2) is 12.5. The summed E-state index contributed by atoms with van der Waals surface area (Å²) < 4.78 is 6.37. The molecule has 0 saturated heterocycles. The number of hydrogen-bond donors (Lipinski definition) is 0. The summed E-state index contributed by atoms with van der Waals surface area (Å²) in [5, 5.41) is 7.17. The second-order valence-corrected chi connectivity index (χ2v) is 13.3. The fourth-order valence-electron chi connectivity index (χ4n) is 7.76. The number of rotatable bonds is 6. The Morgan fingerprint density at radius 3 is 1.60 bits per heavy atom. The molecule has 10 rings (SSSR count). The predicted octanol–water partition coefficient (Wildman–Crippen LogP) is 14.4. The summed E-state index contributed by atoms with van der Waals surface area (Å²) in [4.78, 5) is 2.36. The molecule has 0 aliphatic rings. The van der Waals surface area contributed by atoms with Crippen LogP contribution in [0.15, 0.2) is 205 Å². The molecule has 0 saturated carbocycles. The zero-order valence-electron chi connectivity index (χ0n) is 28.4. The summed E-state index contributed by atoms with van der Waals surface area (Å²) in [7, 11) is 0. The highest BCUT2D eigenvalue weighted by atomic mass is 16.3. The van der Waals surface area contributed by atoms with Gasteiger partial charge in [-0.3, -0.25) is 0 Å². The first-order valence-electron chi connectivity index (χ1n) is 17.8. The standard InChI is InChI=1S/C50H33NO/c1-2-11-34(12-3-1)39-24-23-36-15-9-19-44(46(36)33-39)38-27-31-41(32-28-38)51(47-20-10-22-49-50(47)45-17-6-7-21-48(45)52-49)40-29-25-37(26-30-40)43-18-8-14-35-13-4-5-16-42(35)43/h1-33H. The molecule has 0 atom stereocenters. The van der Waals surface area contributed by atoms with Gasteiger partial charge >= 0.3 is 0 Å². The van der Waals surface area contributed by atoms with Crippen molar-refractivity contribution in [3.05, 3.63) is 200 Å². The Balaban J connectivity index is 1.11. The van der Waals surface area contributed by atoms with Crippen LogP contribution < -0.4 is 4.90 Å². The lowest BCUT2D eigenvalue weighted by atomic mass is 9.94. The van der Waals surface area contributed by atoms with Crippen LogP contribution in [0.25, 0.3) is 76.9 Å². The van der Waals surface area contributed by atoms with E-state index in [2.05, 4.69) is 193 Å². The Kier molecular flexibility index (Phi) is 7.18. The lowest BCUT2D eigenvalue weighted by molar-refractivity contribution is 0.669. The van der Waals surface area contributed by atoms with Gasteiger partial charge in [-0.25, -0.2) is 0 Å². The number of fused-ring (bicyclic) bond motifs is 5. The molecule has 52 heavy (non-hydrogen) atoms. The molecule has 2 nitrogen and oxygen atoms in total. The summed E-state index contributed by atoms with van der Waals surface area (Å²) in [5.41, 5.74) is 12.2. The molecule has 9 aromatic carbocycles. The highest BCUT2D eigenvalue weighted by Crippen LogP contribution is 2.44. The van der Waals surface area contributed by atoms with E-state index in [9.17, 15) is 0 Å². The zero-order chi connectivity index (χ0) is 34.4. The van der Waals surface area contributed by atoms with Crippen LogP contribution in [-0.4, -0.2) is 0 Å². The van der Waals surface area contributed by atoms with Crippen molar-refractivity contribution in [1.82, 2.24) is 0 Å². The number of benzene rings is 9. The summed E-state index contributed by atoms with van der Waals surface area (Å²) in [6.45, 7) is 0. The Hall–Kier alpha value is -6.90. The third-order valence-corrected chi connectivity index (χ3v) is 10.3. The van der Waals surface area contributed by atoms with Crippen LogP contribution >= 0.6 is 0 Å². The van der Waals surface area contributed by atoms with Gasteiger partial charge in [0, 0.05) is 16.8 Å². The molecule has 0 aliphatic carbocycles. The summed E-state index contributed by atoms with van der Waals surface area (Å²) in [6.07, 6.45) is 0. The molecule has 0 amide bonds. The van der Waals surface area contributed by atoms with Crippen molar-refractivity contribution < 1.29 is 4.42 Å². The van der Waals surface area contributed by atoms with Crippen molar-refractivity contribution >= 4 is 60.5 Å². The Morgan fingerprint density at radius 2 is 0.865 bits per heavy atom. The first kappa shape index (κ1) is 30.0. The molecule has 2 heteroatoms. The van der Waals surface area contributed by atoms with E-state index in [4.69, 9.17) is 4.42 Å². The van der Waals surface area contributed by atoms with Gasteiger partial charge in [0.25, 0.3) is 0 Å². The summed E-state index contributed by atoms with van der Waals surface area (Å²) in [6, 6.07) is 71.7. The van der Waals surface area contributed by atoms with Gasteiger partial charge in [-0.2, -0.15) is 0 Å². The number of para-hydroxylation sites is 1. The van der Waals surface area contributed by atoms with Crippen LogP contribution in [0.1, 0.15) is 0 Å². The molecule has 0 radical (unpaired) electrons. The van der Waals surface area contributed by atoms with E-state index in [1.165, 1.54) is 54.9 Å². The summed E-state index contributed by atoms with van der Waals surface area (Å²) in [5.74, 6) is 0. The van der Waals surface area contributed by atoms with Crippen LogP contribution in [0.4, 0.5) is 17.1 Å². The van der Waals surface area contributed by atoms with Crippen molar-refractivity contribution in [2.24, 2.45) is 0 Å². The van der Waals surface area contributed by atoms with E-state index in [0.717, 1.165) is 39.0 Å². The average Bonchev–Trinajstić information content (AvgIpc) is 3.61. The summed E-state index contributed by atoms with van der Waals surface area (Å²) >= 11 is 0. The highest BCUT2D eigenvalue weighted by Gasteiger charge is 2.20. The maximum Gasteiger partial charge on any atom is 0.137 e. The Labute approximate surface area is 302 Å². The van der Waals surface area contributed by atoms with E-state index in [1.807, 2.05) is 12.1 Å². The van der Waals surface area contributed by atoms with Crippen molar-refractivity contribution in [1.29, 1.82) is 0 Å². The number of hydrogen-bond acceptors (Lipinski definition) is 2. The maximum absolute atomic E-state index is 6.37. The van der Waals surface area contributed by atoms with Gasteiger partial charge < -0.3 is 9.32 Å². The number of furan rings is 1. The minimum atomic E-state index is 0.873. The van der Waals surface area contributed by atoms with Crippen molar-refractivity contribution in [3.8, 4) is 33.4 Å². The maximum atomic E-state index is 6.37.